The van der Waals surface area contributed by atoms with Gasteiger partial charge >= 0.3 is 5.97 Å². The van der Waals surface area contributed by atoms with Crippen molar-refractivity contribution < 1.29 is 23.8 Å². The highest BCUT2D eigenvalue weighted by atomic mass is 79.9. The molecule has 0 bridgehead atoms. The molecular formula is C16H12BrNO5. The van der Waals surface area contributed by atoms with E-state index in [0.29, 0.717) is 22.7 Å². The minimum atomic E-state index is -0.557. The molecule has 0 atom stereocenters. The topological polar surface area (TPSA) is 73.9 Å². The van der Waals surface area contributed by atoms with Crippen molar-refractivity contribution in [2.45, 2.75) is 0 Å². The first kappa shape index (κ1) is 15.4. The number of carbonyl (C=O) groups excluding carboxylic acids is 2. The number of esters is 1. The van der Waals surface area contributed by atoms with E-state index in [0.717, 1.165) is 4.47 Å². The van der Waals surface area contributed by atoms with Crippen LogP contribution < -0.4 is 14.8 Å². The summed E-state index contributed by atoms with van der Waals surface area (Å²) in [4.78, 5) is 23.6. The number of fused-ring (bicyclic) bond motifs is 1. The van der Waals surface area contributed by atoms with E-state index in [1.54, 1.807) is 42.5 Å². The molecule has 0 aliphatic carbocycles. The molecule has 3 rings (SSSR count). The number of hydrogen-bond acceptors (Lipinski definition) is 5. The van der Waals surface area contributed by atoms with Gasteiger partial charge in [-0.05, 0) is 36.4 Å². The molecule has 0 unspecified atom stereocenters. The highest BCUT2D eigenvalue weighted by molar-refractivity contribution is 9.10. The van der Waals surface area contributed by atoms with Gasteiger partial charge in [0.15, 0.2) is 18.1 Å². The summed E-state index contributed by atoms with van der Waals surface area (Å²) >= 11 is 3.28. The maximum Gasteiger partial charge on any atom is 0.338 e. The van der Waals surface area contributed by atoms with Gasteiger partial charge < -0.3 is 19.5 Å². The van der Waals surface area contributed by atoms with Crippen molar-refractivity contribution in [3.8, 4) is 11.5 Å². The molecule has 2 aromatic rings. The average molecular weight is 378 g/mol. The zero-order chi connectivity index (χ0) is 16.2. The predicted molar refractivity (Wildman–Crippen MR) is 85.6 cm³/mol. The van der Waals surface area contributed by atoms with Crippen molar-refractivity contribution in [3.63, 3.8) is 0 Å². The first-order valence-corrected chi connectivity index (χ1v) is 7.53. The van der Waals surface area contributed by atoms with Crippen LogP contribution in [0.15, 0.2) is 46.9 Å². The monoisotopic (exact) mass is 377 g/mol. The van der Waals surface area contributed by atoms with Crippen molar-refractivity contribution in [1.82, 2.24) is 0 Å². The normalized spacial score (nSPS) is 11.9. The van der Waals surface area contributed by atoms with Gasteiger partial charge in [-0.15, -0.1) is 0 Å². The largest absolute Gasteiger partial charge is 0.454 e. The average Bonchev–Trinajstić information content (AvgIpc) is 3.01. The van der Waals surface area contributed by atoms with Gasteiger partial charge in [-0.25, -0.2) is 4.79 Å². The summed E-state index contributed by atoms with van der Waals surface area (Å²) in [5.41, 5.74) is 0.919. The second-order valence-corrected chi connectivity index (χ2v) is 5.61. The first-order valence-electron chi connectivity index (χ1n) is 6.74. The van der Waals surface area contributed by atoms with Gasteiger partial charge in [0.05, 0.1) is 5.56 Å². The smallest absolute Gasteiger partial charge is 0.338 e. The third kappa shape index (κ3) is 3.81. The van der Waals surface area contributed by atoms with Crippen molar-refractivity contribution in [3.05, 3.63) is 52.5 Å². The van der Waals surface area contributed by atoms with Gasteiger partial charge in [0, 0.05) is 16.2 Å². The van der Waals surface area contributed by atoms with Crippen LogP contribution in [-0.2, 0) is 9.53 Å². The SMILES string of the molecule is O=C(COC(=O)c1ccc(Br)cc1)Nc1ccc2c(c1)OCO2. The fourth-order valence-corrected chi connectivity index (χ4v) is 2.24. The fraction of sp³-hybridized carbons (Fsp3) is 0.125. The highest BCUT2D eigenvalue weighted by Gasteiger charge is 2.15. The summed E-state index contributed by atoms with van der Waals surface area (Å²) in [6.45, 7) is -0.207. The molecule has 0 fully saturated rings. The van der Waals surface area contributed by atoms with Gasteiger partial charge in [-0.3, -0.25) is 4.79 Å². The minimum Gasteiger partial charge on any atom is -0.454 e. The lowest BCUT2D eigenvalue weighted by Gasteiger charge is -2.07. The van der Waals surface area contributed by atoms with Gasteiger partial charge in [0.2, 0.25) is 6.79 Å². The van der Waals surface area contributed by atoms with E-state index in [1.807, 2.05) is 0 Å². The van der Waals surface area contributed by atoms with E-state index in [-0.39, 0.29) is 13.4 Å². The maximum atomic E-state index is 11.8. The number of rotatable bonds is 4. The van der Waals surface area contributed by atoms with E-state index < -0.39 is 11.9 Å². The van der Waals surface area contributed by atoms with Crippen LogP contribution >= 0.6 is 15.9 Å². The van der Waals surface area contributed by atoms with Gasteiger partial charge in [0.1, 0.15) is 0 Å². The number of halogens is 1. The van der Waals surface area contributed by atoms with Crippen LogP contribution in [0.5, 0.6) is 11.5 Å². The number of carbonyl (C=O) groups is 2. The molecule has 1 amide bonds. The van der Waals surface area contributed by atoms with Crippen LogP contribution in [0, 0.1) is 0 Å². The number of amides is 1. The second kappa shape index (κ2) is 6.70. The van der Waals surface area contributed by atoms with Crippen LogP contribution in [0.3, 0.4) is 0 Å². The molecule has 6 nitrogen and oxygen atoms in total. The standard InChI is InChI=1S/C16H12BrNO5/c17-11-3-1-10(2-4-11)16(20)21-8-15(19)18-12-5-6-13-14(7-12)23-9-22-13/h1-7H,8-9H2,(H,18,19). The predicted octanol–water partition coefficient (Wildman–Crippen LogP) is 2.97. The summed E-state index contributed by atoms with van der Waals surface area (Å²) in [7, 11) is 0. The summed E-state index contributed by atoms with van der Waals surface area (Å²) in [6, 6.07) is 11.7. The lowest BCUT2D eigenvalue weighted by atomic mass is 10.2. The van der Waals surface area contributed by atoms with E-state index in [1.165, 1.54) is 0 Å². The lowest BCUT2D eigenvalue weighted by molar-refractivity contribution is -0.119. The Bertz CT molecular complexity index is 745. The number of anilines is 1. The van der Waals surface area contributed by atoms with E-state index in [9.17, 15) is 9.59 Å². The van der Waals surface area contributed by atoms with Gasteiger partial charge in [-0.2, -0.15) is 0 Å². The zero-order valence-electron chi connectivity index (χ0n) is 11.9. The first-order chi connectivity index (χ1) is 11.1. The molecule has 1 heterocycles. The van der Waals surface area contributed by atoms with Gasteiger partial charge in [0.25, 0.3) is 5.91 Å². The molecule has 0 saturated heterocycles. The molecule has 0 spiro atoms. The maximum absolute atomic E-state index is 11.8. The Morgan fingerprint density at radius 2 is 1.83 bits per heavy atom. The Morgan fingerprint density at radius 3 is 2.61 bits per heavy atom. The Morgan fingerprint density at radius 1 is 1.09 bits per heavy atom. The van der Waals surface area contributed by atoms with Crippen molar-refractivity contribution in [2.75, 3.05) is 18.7 Å². The molecule has 0 aromatic heterocycles. The summed E-state index contributed by atoms with van der Waals surface area (Å²) in [5.74, 6) is 0.201. The number of hydrogen-bond donors (Lipinski definition) is 1. The van der Waals surface area contributed by atoms with E-state index in [2.05, 4.69) is 21.2 Å². The molecule has 1 N–H and O–H groups in total. The van der Waals surface area contributed by atoms with Crippen LogP contribution in [0.25, 0.3) is 0 Å². The Balaban J connectivity index is 1.53. The molecule has 2 aromatic carbocycles. The molecule has 0 saturated carbocycles. The number of ether oxygens (including phenoxy) is 3. The third-order valence-electron chi connectivity index (χ3n) is 3.07. The van der Waals surface area contributed by atoms with Crippen molar-refractivity contribution >= 4 is 33.5 Å². The summed E-state index contributed by atoms with van der Waals surface area (Å²) in [6.07, 6.45) is 0. The van der Waals surface area contributed by atoms with Crippen molar-refractivity contribution in [1.29, 1.82) is 0 Å². The number of benzene rings is 2. The van der Waals surface area contributed by atoms with Gasteiger partial charge in [-0.1, -0.05) is 15.9 Å². The third-order valence-corrected chi connectivity index (χ3v) is 3.60. The minimum absolute atomic E-state index is 0.164. The molecule has 1 aliphatic heterocycles. The quantitative estimate of drug-likeness (QED) is 0.829. The van der Waals surface area contributed by atoms with Crippen LogP contribution in [0.2, 0.25) is 0 Å². The summed E-state index contributed by atoms with van der Waals surface area (Å²) in [5, 5.41) is 2.63. The molecule has 23 heavy (non-hydrogen) atoms. The Hall–Kier alpha value is -2.54. The lowest BCUT2D eigenvalue weighted by Crippen LogP contribution is -2.20. The molecule has 1 aliphatic rings. The molecule has 0 radical (unpaired) electrons. The highest BCUT2D eigenvalue weighted by Crippen LogP contribution is 2.34. The van der Waals surface area contributed by atoms with E-state index in [4.69, 9.17) is 14.2 Å². The van der Waals surface area contributed by atoms with Crippen LogP contribution in [0.4, 0.5) is 5.69 Å². The second-order valence-electron chi connectivity index (χ2n) is 4.70. The molecular weight excluding hydrogens is 366 g/mol. The van der Waals surface area contributed by atoms with E-state index >= 15 is 0 Å². The van der Waals surface area contributed by atoms with Crippen LogP contribution in [0.1, 0.15) is 10.4 Å². The Labute approximate surface area is 140 Å². The van der Waals surface area contributed by atoms with Crippen molar-refractivity contribution in [2.24, 2.45) is 0 Å². The zero-order valence-corrected chi connectivity index (χ0v) is 13.5. The fourth-order valence-electron chi connectivity index (χ4n) is 1.97. The Kier molecular flexibility index (Phi) is 4.47. The molecule has 118 valence electrons. The summed E-state index contributed by atoms with van der Waals surface area (Å²) < 4.78 is 16.2. The molecule has 7 heteroatoms. The number of nitrogens with one attached hydrogen (secondary N) is 1. The van der Waals surface area contributed by atoms with Crippen LogP contribution in [-0.4, -0.2) is 25.3 Å².